The van der Waals surface area contributed by atoms with Gasteiger partial charge < -0.3 is 15.4 Å². The van der Waals surface area contributed by atoms with Gasteiger partial charge in [-0.15, -0.1) is 0 Å². The standard InChI is InChI=1S/C18H21ClN2O2/c1-23-17-7-5-15(6-8-17)12-20-13-18(22)21-10-9-14-3-2-4-16(19)11-14/h2-8,11,20H,9-10,12-13H2,1H3,(H,21,22). The number of amides is 1. The fourth-order valence-corrected chi connectivity index (χ4v) is 2.38. The fourth-order valence-electron chi connectivity index (χ4n) is 2.16. The van der Waals surface area contributed by atoms with Crippen LogP contribution in [0.1, 0.15) is 11.1 Å². The molecule has 0 radical (unpaired) electrons. The number of hydrogen-bond donors (Lipinski definition) is 2. The minimum Gasteiger partial charge on any atom is -0.497 e. The number of methoxy groups -OCH3 is 1. The van der Waals surface area contributed by atoms with E-state index in [1.165, 1.54) is 0 Å². The van der Waals surface area contributed by atoms with Gasteiger partial charge in [0.1, 0.15) is 5.75 Å². The van der Waals surface area contributed by atoms with E-state index in [9.17, 15) is 4.79 Å². The number of nitrogens with one attached hydrogen (secondary N) is 2. The summed E-state index contributed by atoms with van der Waals surface area (Å²) < 4.78 is 5.11. The van der Waals surface area contributed by atoms with E-state index in [1.807, 2.05) is 48.5 Å². The summed E-state index contributed by atoms with van der Waals surface area (Å²) in [6.07, 6.45) is 0.769. The highest BCUT2D eigenvalue weighted by Gasteiger charge is 2.01. The Morgan fingerprint density at radius 1 is 1.13 bits per heavy atom. The third-order valence-corrected chi connectivity index (χ3v) is 3.63. The Morgan fingerprint density at radius 2 is 1.91 bits per heavy atom. The Balaban J connectivity index is 1.63. The van der Waals surface area contributed by atoms with Crippen molar-refractivity contribution in [3.8, 4) is 5.75 Å². The second kappa shape index (κ2) is 9.18. The summed E-state index contributed by atoms with van der Waals surface area (Å²) in [6.45, 7) is 1.54. The number of benzene rings is 2. The Bertz CT molecular complexity index is 629. The number of hydrogen-bond acceptors (Lipinski definition) is 3. The molecule has 2 aromatic carbocycles. The lowest BCUT2D eigenvalue weighted by molar-refractivity contribution is -0.120. The highest BCUT2D eigenvalue weighted by atomic mass is 35.5. The van der Waals surface area contributed by atoms with Crippen LogP contribution < -0.4 is 15.4 Å². The SMILES string of the molecule is COc1ccc(CNCC(=O)NCCc2cccc(Cl)c2)cc1. The van der Waals surface area contributed by atoms with Crippen LogP contribution in [0.15, 0.2) is 48.5 Å². The van der Waals surface area contributed by atoms with Crippen molar-refractivity contribution in [1.29, 1.82) is 0 Å². The minimum atomic E-state index is -0.0134. The second-order valence-corrected chi connectivity index (χ2v) is 5.62. The van der Waals surface area contributed by atoms with Crippen LogP contribution in [-0.4, -0.2) is 26.1 Å². The van der Waals surface area contributed by atoms with E-state index in [0.717, 1.165) is 28.3 Å². The molecule has 5 heteroatoms. The summed E-state index contributed by atoms with van der Waals surface area (Å²) in [4.78, 5) is 11.8. The molecule has 2 rings (SSSR count). The summed E-state index contributed by atoms with van der Waals surface area (Å²) >= 11 is 5.93. The van der Waals surface area contributed by atoms with Crippen molar-refractivity contribution in [3.05, 3.63) is 64.7 Å². The van der Waals surface area contributed by atoms with Gasteiger partial charge in [0, 0.05) is 18.1 Å². The average molecular weight is 333 g/mol. The van der Waals surface area contributed by atoms with Gasteiger partial charge in [-0.2, -0.15) is 0 Å². The molecule has 122 valence electrons. The monoisotopic (exact) mass is 332 g/mol. The Labute approximate surface area is 141 Å². The summed E-state index contributed by atoms with van der Waals surface area (Å²) in [6, 6.07) is 15.4. The Morgan fingerprint density at radius 3 is 2.61 bits per heavy atom. The number of carbonyl (C=O) groups excluding carboxylic acids is 1. The molecule has 0 fully saturated rings. The van der Waals surface area contributed by atoms with E-state index >= 15 is 0 Å². The van der Waals surface area contributed by atoms with Crippen LogP contribution in [0.4, 0.5) is 0 Å². The second-order valence-electron chi connectivity index (χ2n) is 5.18. The van der Waals surface area contributed by atoms with Crippen molar-refractivity contribution in [2.45, 2.75) is 13.0 Å². The topological polar surface area (TPSA) is 50.4 Å². The molecule has 2 aromatic rings. The first kappa shape index (κ1) is 17.3. The zero-order valence-electron chi connectivity index (χ0n) is 13.1. The van der Waals surface area contributed by atoms with Gasteiger partial charge in [0.05, 0.1) is 13.7 Å². The van der Waals surface area contributed by atoms with Crippen molar-refractivity contribution < 1.29 is 9.53 Å². The fraction of sp³-hybridized carbons (Fsp3) is 0.278. The third kappa shape index (κ3) is 6.30. The lowest BCUT2D eigenvalue weighted by atomic mass is 10.1. The van der Waals surface area contributed by atoms with Gasteiger partial charge in [0.2, 0.25) is 5.91 Å². The molecule has 0 saturated carbocycles. The van der Waals surface area contributed by atoms with E-state index in [2.05, 4.69) is 10.6 Å². The zero-order chi connectivity index (χ0) is 16.5. The smallest absolute Gasteiger partial charge is 0.233 e. The first-order valence-corrected chi connectivity index (χ1v) is 7.90. The molecule has 0 aliphatic heterocycles. The molecule has 0 bridgehead atoms. The van der Waals surface area contributed by atoms with Crippen molar-refractivity contribution in [1.82, 2.24) is 10.6 Å². The summed E-state index contributed by atoms with van der Waals surface area (Å²) in [5.41, 5.74) is 2.22. The predicted molar refractivity (Wildman–Crippen MR) is 92.9 cm³/mol. The number of ether oxygens (including phenoxy) is 1. The van der Waals surface area contributed by atoms with Crippen LogP contribution in [0, 0.1) is 0 Å². The highest BCUT2D eigenvalue weighted by molar-refractivity contribution is 6.30. The van der Waals surface area contributed by atoms with Crippen molar-refractivity contribution in [2.75, 3.05) is 20.2 Å². The van der Waals surface area contributed by atoms with Crippen LogP contribution in [0.5, 0.6) is 5.75 Å². The van der Waals surface area contributed by atoms with Crippen molar-refractivity contribution >= 4 is 17.5 Å². The highest BCUT2D eigenvalue weighted by Crippen LogP contribution is 2.11. The average Bonchev–Trinajstić information content (AvgIpc) is 2.55. The van der Waals surface area contributed by atoms with Crippen molar-refractivity contribution in [2.24, 2.45) is 0 Å². The largest absolute Gasteiger partial charge is 0.497 e. The molecule has 0 heterocycles. The van der Waals surface area contributed by atoms with Crippen LogP contribution in [0.3, 0.4) is 0 Å². The van der Waals surface area contributed by atoms with Crippen molar-refractivity contribution in [3.63, 3.8) is 0 Å². The lowest BCUT2D eigenvalue weighted by Crippen LogP contribution is -2.34. The Kier molecular flexibility index (Phi) is 6.91. The quantitative estimate of drug-likeness (QED) is 0.781. The number of rotatable bonds is 8. The summed E-state index contributed by atoms with van der Waals surface area (Å²) in [5.74, 6) is 0.813. The molecule has 0 aliphatic carbocycles. The van der Waals surface area contributed by atoms with Gasteiger partial charge in [-0.05, 0) is 41.8 Å². The summed E-state index contributed by atoms with van der Waals surface area (Å²) in [7, 11) is 1.64. The van der Waals surface area contributed by atoms with E-state index in [1.54, 1.807) is 7.11 Å². The number of carbonyl (C=O) groups is 1. The Hall–Kier alpha value is -2.04. The van der Waals surface area contributed by atoms with Crippen LogP contribution in [0.2, 0.25) is 5.02 Å². The maximum absolute atomic E-state index is 11.8. The molecule has 0 unspecified atom stereocenters. The molecule has 1 amide bonds. The molecule has 0 atom stereocenters. The molecule has 23 heavy (non-hydrogen) atoms. The molecule has 2 N–H and O–H groups in total. The van der Waals surface area contributed by atoms with Crippen LogP contribution in [0.25, 0.3) is 0 Å². The van der Waals surface area contributed by atoms with Gasteiger partial charge in [0.15, 0.2) is 0 Å². The van der Waals surface area contributed by atoms with Gasteiger partial charge in [-0.25, -0.2) is 0 Å². The van der Waals surface area contributed by atoms with Gasteiger partial charge in [-0.1, -0.05) is 35.9 Å². The summed E-state index contributed by atoms with van der Waals surface area (Å²) in [5, 5.41) is 6.73. The molecular weight excluding hydrogens is 312 g/mol. The molecule has 0 aromatic heterocycles. The van der Waals surface area contributed by atoms with Gasteiger partial charge in [-0.3, -0.25) is 4.79 Å². The zero-order valence-corrected chi connectivity index (χ0v) is 13.9. The normalized spacial score (nSPS) is 10.3. The molecule has 0 saturated heterocycles. The molecule has 0 spiro atoms. The van der Waals surface area contributed by atoms with Gasteiger partial charge >= 0.3 is 0 Å². The third-order valence-electron chi connectivity index (χ3n) is 3.40. The predicted octanol–water partition coefficient (Wildman–Crippen LogP) is 2.80. The van der Waals surface area contributed by atoms with E-state index in [4.69, 9.17) is 16.3 Å². The maximum Gasteiger partial charge on any atom is 0.233 e. The first-order chi connectivity index (χ1) is 11.2. The number of halogens is 1. The van der Waals surface area contributed by atoms with Crippen LogP contribution in [-0.2, 0) is 17.8 Å². The lowest BCUT2D eigenvalue weighted by Gasteiger charge is -2.08. The van der Waals surface area contributed by atoms with Gasteiger partial charge in [0.25, 0.3) is 0 Å². The first-order valence-electron chi connectivity index (χ1n) is 7.52. The van der Waals surface area contributed by atoms with E-state index in [0.29, 0.717) is 19.6 Å². The van der Waals surface area contributed by atoms with E-state index < -0.39 is 0 Å². The molecule has 0 aliphatic rings. The minimum absolute atomic E-state index is 0.0134. The van der Waals surface area contributed by atoms with E-state index in [-0.39, 0.29) is 5.91 Å². The van der Waals surface area contributed by atoms with Crippen LogP contribution >= 0.6 is 11.6 Å². The molecule has 4 nitrogen and oxygen atoms in total. The maximum atomic E-state index is 11.8. The molecular formula is C18H21ClN2O2.